The first-order valence-corrected chi connectivity index (χ1v) is 7.23. The Balaban J connectivity index is 2.65. The molecule has 1 N–H and O–H groups in total. The van der Waals surface area contributed by atoms with Gasteiger partial charge in [-0.05, 0) is 38.0 Å². The number of aliphatic hydroxyl groups excluding tert-OH is 1. The Morgan fingerprint density at radius 1 is 1.24 bits per heavy atom. The fraction of sp³-hybridized carbons (Fsp3) is 0.500. The van der Waals surface area contributed by atoms with Gasteiger partial charge in [0.15, 0.2) is 6.10 Å². The highest BCUT2D eigenvalue weighted by molar-refractivity contribution is 5.92. The van der Waals surface area contributed by atoms with Crippen molar-refractivity contribution < 1.29 is 19.4 Å². The zero-order valence-corrected chi connectivity index (χ0v) is 12.8. The van der Waals surface area contributed by atoms with E-state index in [2.05, 4.69) is 0 Å². The molecule has 0 saturated heterocycles. The van der Waals surface area contributed by atoms with Crippen molar-refractivity contribution in [1.29, 1.82) is 0 Å². The lowest BCUT2D eigenvalue weighted by atomic mass is 10.1. The van der Waals surface area contributed by atoms with Crippen molar-refractivity contribution in [3.63, 3.8) is 0 Å². The molecule has 1 atom stereocenters. The summed E-state index contributed by atoms with van der Waals surface area (Å²) in [6, 6.07) is 7.13. The van der Waals surface area contributed by atoms with Gasteiger partial charge >= 0.3 is 5.97 Å². The van der Waals surface area contributed by atoms with Crippen LogP contribution in [0.4, 0.5) is 0 Å². The second-order valence-corrected chi connectivity index (χ2v) is 4.74. The molecule has 5 nitrogen and oxygen atoms in total. The topological polar surface area (TPSA) is 66.8 Å². The molecule has 5 heteroatoms. The van der Waals surface area contributed by atoms with Crippen LogP contribution in [0.2, 0.25) is 0 Å². The fourth-order valence-electron chi connectivity index (χ4n) is 1.96. The summed E-state index contributed by atoms with van der Waals surface area (Å²) < 4.78 is 5.19. The van der Waals surface area contributed by atoms with E-state index < -0.39 is 12.1 Å². The Morgan fingerprint density at radius 3 is 2.33 bits per heavy atom. The number of amides is 1. The molecule has 1 unspecified atom stereocenters. The Labute approximate surface area is 125 Å². The van der Waals surface area contributed by atoms with Crippen LogP contribution in [0.3, 0.4) is 0 Å². The molecule has 0 fully saturated rings. The summed E-state index contributed by atoms with van der Waals surface area (Å²) in [4.78, 5) is 25.5. The lowest BCUT2D eigenvalue weighted by molar-refractivity contribution is -0.140. The van der Waals surface area contributed by atoms with Crippen LogP contribution in [0.15, 0.2) is 24.3 Å². The average Bonchev–Trinajstić information content (AvgIpc) is 2.51. The van der Waals surface area contributed by atoms with Crippen molar-refractivity contribution in [1.82, 2.24) is 4.90 Å². The zero-order valence-electron chi connectivity index (χ0n) is 12.8. The van der Waals surface area contributed by atoms with Crippen LogP contribution in [-0.2, 0) is 16.0 Å². The minimum Gasteiger partial charge on any atom is -0.449 e. The van der Waals surface area contributed by atoms with E-state index in [0.29, 0.717) is 12.1 Å². The highest BCUT2D eigenvalue weighted by Crippen LogP contribution is 2.09. The Hall–Kier alpha value is -1.88. The molecule has 1 amide bonds. The number of esters is 1. The molecule has 116 valence electrons. The van der Waals surface area contributed by atoms with E-state index in [1.54, 1.807) is 19.1 Å². The molecule has 1 aromatic rings. The third-order valence-corrected chi connectivity index (χ3v) is 3.29. The van der Waals surface area contributed by atoms with Gasteiger partial charge in [0, 0.05) is 13.1 Å². The number of ether oxygens (including phenoxy) is 1. The van der Waals surface area contributed by atoms with Crippen molar-refractivity contribution in [2.24, 2.45) is 0 Å². The van der Waals surface area contributed by atoms with Crippen molar-refractivity contribution >= 4 is 11.9 Å². The molecule has 0 aromatic heterocycles. The molecular weight excluding hydrogens is 270 g/mol. The predicted octanol–water partition coefficient (Wildman–Crippen LogP) is 1.64. The normalized spacial score (nSPS) is 11.8. The van der Waals surface area contributed by atoms with E-state index >= 15 is 0 Å². The maximum atomic E-state index is 12.1. The first-order valence-electron chi connectivity index (χ1n) is 7.23. The van der Waals surface area contributed by atoms with E-state index in [1.807, 2.05) is 26.0 Å². The van der Waals surface area contributed by atoms with Gasteiger partial charge < -0.3 is 14.7 Å². The number of benzene rings is 1. The number of hydrogen-bond acceptors (Lipinski definition) is 4. The summed E-state index contributed by atoms with van der Waals surface area (Å²) in [6.45, 7) is 5.98. The monoisotopic (exact) mass is 293 g/mol. The van der Waals surface area contributed by atoms with Gasteiger partial charge in [-0.15, -0.1) is 0 Å². The number of aliphatic hydroxyl groups is 1. The molecular formula is C16H23NO4. The average molecular weight is 293 g/mol. The first-order chi connectivity index (χ1) is 10.0. The number of aryl methyl sites for hydroxylation is 1. The van der Waals surface area contributed by atoms with E-state index in [1.165, 1.54) is 4.90 Å². The Kier molecular flexibility index (Phi) is 6.88. The summed E-state index contributed by atoms with van der Waals surface area (Å²) in [7, 11) is 0. The number of hydrogen-bond donors (Lipinski definition) is 1. The minimum absolute atomic E-state index is 0.112. The molecule has 0 aliphatic rings. The van der Waals surface area contributed by atoms with Crippen LogP contribution in [0.25, 0.3) is 0 Å². The van der Waals surface area contributed by atoms with Crippen molar-refractivity contribution in [3.8, 4) is 0 Å². The molecule has 1 rings (SSSR count). The second-order valence-electron chi connectivity index (χ2n) is 4.74. The van der Waals surface area contributed by atoms with Crippen LogP contribution in [0, 0.1) is 0 Å². The second kappa shape index (κ2) is 8.42. The van der Waals surface area contributed by atoms with Gasteiger partial charge in [0.25, 0.3) is 5.91 Å². The molecule has 21 heavy (non-hydrogen) atoms. The molecule has 0 aliphatic carbocycles. The summed E-state index contributed by atoms with van der Waals surface area (Å²) in [5.74, 6) is -0.816. The van der Waals surface area contributed by atoms with Gasteiger partial charge in [0.1, 0.15) is 0 Å². The number of likely N-dealkylation sites (N-methyl/N-ethyl adjacent to an activating group) is 1. The van der Waals surface area contributed by atoms with Gasteiger partial charge in [0.05, 0.1) is 12.2 Å². The SMILES string of the molecule is CCc1ccc(C(=O)OC(C)C(=O)N(CC)CCO)cc1. The van der Waals surface area contributed by atoms with Crippen LogP contribution < -0.4 is 0 Å². The van der Waals surface area contributed by atoms with Gasteiger partial charge in [0.2, 0.25) is 0 Å². The van der Waals surface area contributed by atoms with Crippen molar-refractivity contribution in [3.05, 3.63) is 35.4 Å². The quantitative estimate of drug-likeness (QED) is 0.776. The summed E-state index contributed by atoms with van der Waals surface area (Å²) in [5.41, 5.74) is 1.56. The van der Waals surface area contributed by atoms with E-state index in [-0.39, 0.29) is 19.1 Å². The molecule has 0 saturated carbocycles. The Bertz CT molecular complexity index is 470. The number of rotatable bonds is 7. The standard InChI is InChI=1S/C16H23NO4/c1-4-13-6-8-14(9-7-13)16(20)21-12(3)15(19)17(5-2)10-11-18/h6-9,12,18H,4-5,10-11H2,1-3H3. The van der Waals surface area contributed by atoms with Crippen molar-refractivity contribution in [2.45, 2.75) is 33.3 Å². The Morgan fingerprint density at radius 2 is 1.86 bits per heavy atom. The number of carbonyl (C=O) groups excluding carboxylic acids is 2. The highest BCUT2D eigenvalue weighted by atomic mass is 16.5. The van der Waals surface area contributed by atoms with Crippen molar-refractivity contribution in [2.75, 3.05) is 19.7 Å². The molecule has 0 radical (unpaired) electrons. The lowest BCUT2D eigenvalue weighted by Gasteiger charge is -2.23. The van der Waals surface area contributed by atoms with Crippen LogP contribution in [0.1, 0.15) is 36.7 Å². The summed E-state index contributed by atoms with van der Waals surface area (Å²) >= 11 is 0. The first kappa shape index (κ1) is 17.2. The number of carbonyl (C=O) groups is 2. The van der Waals surface area contributed by atoms with Gasteiger partial charge in [-0.3, -0.25) is 4.79 Å². The third-order valence-electron chi connectivity index (χ3n) is 3.29. The highest BCUT2D eigenvalue weighted by Gasteiger charge is 2.23. The molecule has 0 bridgehead atoms. The number of nitrogens with zero attached hydrogens (tertiary/aromatic N) is 1. The van der Waals surface area contributed by atoms with E-state index in [9.17, 15) is 9.59 Å². The zero-order chi connectivity index (χ0) is 15.8. The van der Waals surface area contributed by atoms with Crippen LogP contribution in [-0.4, -0.2) is 47.7 Å². The van der Waals surface area contributed by atoms with Crippen LogP contribution >= 0.6 is 0 Å². The smallest absolute Gasteiger partial charge is 0.338 e. The minimum atomic E-state index is -0.866. The largest absolute Gasteiger partial charge is 0.449 e. The maximum Gasteiger partial charge on any atom is 0.338 e. The van der Waals surface area contributed by atoms with Gasteiger partial charge in [-0.1, -0.05) is 19.1 Å². The molecule has 0 heterocycles. The third kappa shape index (κ3) is 4.86. The van der Waals surface area contributed by atoms with Gasteiger partial charge in [-0.2, -0.15) is 0 Å². The summed E-state index contributed by atoms with van der Waals surface area (Å²) in [6.07, 6.45) is 0.0338. The van der Waals surface area contributed by atoms with E-state index in [4.69, 9.17) is 9.84 Å². The summed E-state index contributed by atoms with van der Waals surface area (Å²) in [5, 5.41) is 8.91. The lowest BCUT2D eigenvalue weighted by Crippen LogP contribution is -2.41. The fourth-order valence-corrected chi connectivity index (χ4v) is 1.96. The maximum absolute atomic E-state index is 12.1. The molecule has 0 spiro atoms. The van der Waals surface area contributed by atoms with Crippen LogP contribution in [0.5, 0.6) is 0 Å². The van der Waals surface area contributed by atoms with E-state index in [0.717, 1.165) is 12.0 Å². The molecule has 0 aliphatic heterocycles. The molecule has 1 aromatic carbocycles. The predicted molar refractivity (Wildman–Crippen MR) is 80.0 cm³/mol. The van der Waals surface area contributed by atoms with Gasteiger partial charge in [-0.25, -0.2) is 4.79 Å².